The van der Waals surface area contributed by atoms with E-state index in [1.165, 1.54) is 12.5 Å². The molecule has 45 heavy (non-hydrogen) atoms. The predicted molar refractivity (Wildman–Crippen MR) is 166 cm³/mol. The SMILES string of the molecule is CCCC(=O)OCOC(=O)c1cc2cc(NC(=O)[C@@H]3[C@H](C4CCCCC4)CCN3C(=O)[C@H]3CC[C@H](C(N)CF)CC3)ccc2o1. The molecule has 1 aromatic carbocycles. The maximum absolute atomic E-state index is 14.0. The first-order valence-corrected chi connectivity index (χ1v) is 16.6. The lowest BCUT2D eigenvalue weighted by Gasteiger charge is -2.36. The zero-order chi connectivity index (χ0) is 31.9. The largest absolute Gasteiger partial charge is 0.449 e. The number of hydrogen-bond acceptors (Lipinski definition) is 8. The zero-order valence-electron chi connectivity index (χ0n) is 26.1. The third kappa shape index (κ3) is 7.85. The van der Waals surface area contributed by atoms with Crippen LogP contribution in [0.2, 0.25) is 0 Å². The van der Waals surface area contributed by atoms with Gasteiger partial charge >= 0.3 is 11.9 Å². The van der Waals surface area contributed by atoms with E-state index >= 15 is 0 Å². The first-order valence-electron chi connectivity index (χ1n) is 16.6. The average Bonchev–Trinajstić information content (AvgIpc) is 3.70. The van der Waals surface area contributed by atoms with E-state index in [2.05, 4.69) is 5.32 Å². The number of nitrogens with zero attached hydrogens (tertiary/aromatic N) is 1. The first kappa shape index (κ1) is 32.9. The van der Waals surface area contributed by atoms with E-state index in [0.29, 0.717) is 48.4 Å². The first-order chi connectivity index (χ1) is 21.8. The Morgan fingerprint density at radius 3 is 2.49 bits per heavy atom. The maximum Gasteiger partial charge on any atom is 0.377 e. The molecule has 1 aliphatic heterocycles. The lowest BCUT2D eigenvalue weighted by Crippen LogP contribution is -2.50. The summed E-state index contributed by atoms with van der Waals surface area (Å²) in [5.41, 5.74) is 6.91. The minimum Gasteiger partial charge on any atom is -0.449 e. The van der Waals surface area contributed by atoms with E-state index in [1.54, 1.807) is 18.2 Å². The smallest absolute Gasteiger partial charge is 0.377 e. The van der Waals surface area contributed by atoms with Crippen LogP contribution in [-0.2, 0) is 23.9 Å². The molecular weight excluding hydrogens is 581 g/mol. The summed E-state index contributed by atoms with van der Waals surface area (Å²) >= 11 is 0. The van der Waals surface area contributed by atoms with Crippen LogP contribution < -0.4 is 11.1 Å². The number of alkyl halides is 1. The summed E-state index contributed by atoms with van der Waals surface area (Å²) in [4.78, 5) is 53.7. The summed E-state index contributed by atoms with van der Waals surface area (Å²) < 4.78 is 28.7. The molecule has 0 radical (unpaired) electrons. The highest BCUT2D eigenvalue weighted by molar-refractivity contribution is 6.00. The highest BCUT2D eigenvalue weighted by atomic mass is 19.1. The van der Waals surface area contributed by atoms with Crippen LogP contribution in [0.4, 0.5) is 10.1 Å². The number of carbonyl (C=O) groups is 4. The van der Waals surface area contributed by atoms with Gasteiger partial charge in [0.2, 0.25) is 24.4 Å². The van der Waals surface area contributed by atoms with Crippen LogP contribution in [-0.4, -0.2) is 60.7 Å². The van der Waals surface area contributed by atoms with Crippen LogP contribution in [0.25, 0.3) is 11.0 Å². The molecule has 10 nitrogen and oxygen atoms in total. The van der Waals surface area contributed by atoms with E-state index in [-0.39, 0.29) is 41.7 Å². The van der Waals surface area contributed by atoms with Crippen molar-refractivity contribution >= 4 is 40.4 Å². The van der Waals surface area contributed by atoms with Gasteiger partial charge < -0.3 is 29.8 Å². The van der Waals surface area contributed by atoms with Gasteiger partial charge in [0.05, 0.1) is 0 Å². The quantitative estimate of drug-likeness (QED) is 0.238. The number of anilines is 1. The Bertz CT molecular complexity index is 1350. The lowest BCUT2D eigenvalue weighted by molar-refractivity contribution is -0.152. The Morgan fingerprint density at radius 1 is 1.02 bits per heavy atom. The van der Waals surface area contributed by atoms with Crippen molar-refractivity contribution in [1.29, 1.82) is 0 Å². The van der Waals surface area contributed by atoms with Crippen LogP contribution in [0, 0.1) is 23.7 Å². The highest BCUT2D eigenvalue weighted by Gasteiger charge is 2.47. The predicted octanol–water partition coefficient (Wildman–Crippen LogP) is 5.73. The molecule has 2 saturated carbocycles. The number of benzene rings is 1. The van der Waals surface area contributed by atoms with Crippen molar-refractivity contribution in [3.63, 3.8) is 0 Å². The number of amides is 2. The average molecular weight is 628 g/mol. The minimum atomic E-state index is -0.766. The molecule has 3 atom stereocenters. The van der Waals surface area contributed by atoms with Crippen LogP contribution >= 0.6 is 0 Å². The molecule has 2 heterocycles. The van der Waals surface area contributed by atoms with Gasteiger partial charge in [0.25, 0.3) is 0 Å². The van der Waals surface area contributed by atoms with Crippen LogP contribution in [0.5, 0.6) is 0 Å². The van der Waals surface area contributed by atoms with Crippen molar-refractivity contribution < 1.29 is 37.5 Å². The molecule has 1 saturated heterocycles. The molecule has 11 heteroatoms. The number of likely N-dealkylation sites (tertiary alicyclic amines) is 1. The topological polar surface area (TPSA) is 141 Å². The summed E-state index contributed by atoms with van der Waals surface area (Å²) in [6.07, 6.45) is 10.1. The number of halogens is 1. The van der Waals surface area contributed by atoms with E-state index in [9.17, 15) is 23.6 Å². The number of ether oxygens (including phenoxy) is 2. The molecule has 2 aromatic rings. The number of nitrogens with two attached hydrogens (primary N) is 1. The van der Waals surface area contributed by atoms with E-state index in [0.717, 1.165) is 44.9 Å². The van der Waals surface area contributed by atoms with Gasteiger partial charge in [0.15, 0.2) is 0 Å². The van der Waals surface area contributed by atoms with Crippen molar-refractivity contribution in [1.82, 2.24) is 4.90 Å². The van der Waals surface area contributed by atoms with E-state index in [1.807, 2.05) is 11.8 Å². The van der Waals surface area contributed by atoms with Crippen LogP contribution in [0.15, 0.2) is 28.7 Å². The molecule has 0 spiro atoms. The minimum absolute atomic E-state index is 0.0227. The number of nitrogens with one attached hydrogen (secondary N) is 1. The number of rotatable bonds is 11. The van der Waals surface area contributed by atoms with Gasteiger partial charge in [-0.05, 0) is 80.5 Å². The van der Waals surface area contributed by atoms with Crippen molar-refractivity contribution in [2.24, 2.45) is 29.4 Å². The summed E-state index contributed by atoms with van der Waals surface area (Å²) in [7, 11) is 0. The summed E-state index contributed by atoms with van der Waals surface area (Å²) in [5.74, 6) is -1.04. The third-order valence-corrected chi connectivity index (χ3v) is 10.0. The van der Waals surface area contributed by atoms with Gasteiger partial charge in [0, 0.05) is 36.0 Å². The number of furan rings is 1. The second kappa shape index (κ2) is 15.2. The molecule has 3 N–H and O–H groups in total. The Labute approximate surface area is 263 Å². The van der Waals surface area contributed by atoms with Crippen molar-refractivity contribution in [2.45, 2.75) is 96.1 Å². The second-order valence-corrected chi connectivity index (χ2v) is 12.9. The summed E-state index contributed by atoms with van der Waals surface area (Å²) in [6, 6.07) is 5.57. The molecular formula is C34H46FN3O7. The third-order valence-electron chi connectivity index (χ3n) is 10.0. The number of esters is 2. The van der Waals surface area contributed by atoms with Crippen molar-refractivity contribution in [3.05, 3.63) is 30.0 Å². The lowest BCUT2D eigenvalue weighted by atomic mass is 9.76. The Kier molecular flexibility index (Phi) is 11.1. The summed E-state index contributed by atoms with van der Waals surface area (Å²) in [5, 5.41) is 3.65. The molecule has 246 valence electrons. The molecule has 5 rings (SSSR count). The van der Waals surface area contributed by atoms with Crippen LogP contribution in [0.3, 0.4) is 0 Å². The van der Waals surface area contributed by atoms with Gasteiger partial charge in [0.1, 0.15) is 18.3 Å². The Balaban J connectivity index is 1.27. The molecule has 1 aromatic heterocycles. The van der Waals surface area contributed by atoms with Gasteiger partial charge in [-0.25, -0.2) is 9.18 Å². The normalized spacial score (nSPS) is 24.7. The molecule has 0 bridgehead atoms. The van der Waals surface area contributed by atoms with E-state index in [4.69, 9.17) is 19.6 Å². The zero-order valence-corrected chi connectivity index (χ0v) is 26.1. The highest BCUT2D eigenvalue weighted by Crippen LogP contribution is 2.41. The number of fused-ring (bicyclic) bond motifs is 1. The molecule has 2 amide bonds. The fraction of sp³-hybridized carbons (Fsp3) is 0.647. The van der Waals surface area contributed by atoms with E-state index < -0.39 is 37.5 Å². The second-order valence-electron chi connectivity index (χ2n) is 12.9. The van der Waals surface area contributed by atoms with Crippen molar-refractivity contribution in [2.75, 3.05) is 25.3 Å². The van der Waals surface area contributed by atoms with Crippen LogP contribution in [0.1, 0.15) is 94.5 Å². The van der Waals surface area contributed by atoms with Gasteiger partial charge in [-0.2, -0.15) is 0 Å². The Hall–Kier alpha value is -3.47. The fourth-order valence-corrected chi connectivity index (χ4v) is 7.54. The van der Waals surface area contributed by atoms with Gasteiger partial charge in [-0.1, -0.05) is 39.0 Å². The molecule has 3 fully saturated rings. The van der Waals surface area contributed by atoms with Crippen molar-refractivity contribution in [3.8, 4) is 0 Å². The molecule has 2 aliphatic carbocycles. The Morgan fingerprint density at radius 2 is 1.78 bits per heavy atom. The number of carbonyl (C=O) groups excluding carboxylic acids is 4. The number of hydrogen-bond donors (Lipinski definition) is 2. The van der Waals surface area contributed by atoms with Gasteiger partial charge in [-0.3, -0.25) is 14.4 Å². The van der Waals surface area contributed by atoms with Gasteiger partial charge in [-0.15, -0.1) is 0 Å². The monoisotopic (exact) mass is 627 g/mol. The maximum atomic E-state index is 14.0. The fourth-order valence-electron chi connectivity index (χ4n) is 7.54. The molecule has 1 unspecified atom stereocenters. The standard InChI is InChI=1S/C34H46FN3O7/c1-2-6-30(39)43-20-44-34(42)29-18-24-17-25(13-14-28(24)45-29)37-32(40)31-26(21-7-4-3-5-8-21)15-16-38(31)33(41)23-11-9-22(10-12-23)27(36)19-35/h13-14,17-18,21-23,26-27,31H,2-12,15-16,19-20,36H2,1H3,(H,37,40)/t22-,23-,26-,27?,31-/m0/s1. The molecule has 3 aliphatic rings. The summed E-state index contributed by atoms with van der Waals surface area (Å²) in [6.45, 7) is 1.36.